The molecule has 0 radical (unpaired) electrons. The number of aromatic nitrogens is 1. The van der Waals surface area contributed by atoms with Crippen molar-refractivity contribution in [1.82, 2.24) is 4.98 Å². The van der Waals surface area contributed by atoms with Crippen LogP contribution in [0.2, 0.25) is 0 Å². The van der Waals surface area contributed by atoms with Crippen molar-refractivity contribution in [3.8, 4) is 0 Å². The van der Waals surface area contributed by atoms with Crippen LogP contribution in [-0.4, -0.2) is 17.4 Å². The van der Waals surface area contributed by atoms with Crippen LogP contribution >= 0.6 is 12.4 Å². The Balaban J connectivity index is 0.00000180. The van der Waals surface area contributed by atoms with E-state index in [0.29, 0.717) is 12.1 Å². The first-order valence-corrected chi connectivity index (χ1v) is 6.01. The maximum atomic E-state index is 12.4. The smallest absolute Gasteiger partial charge is 0.259 e. The van der Waals surface area contributed by atoms with E-state index in [-0.39, 0.29) is 18.3 Å². The zero-order valence-corrected chi connectivity index (χ0v) is 11.9. The van der Waals surface area contributed by atoms with E-state index in [2.05, 4.69) is 4.98 Å². The summed E-state index contributed by atoms with van der Waals surface area (Å²) in [5.41, 5.74) is 2.68. The van der Waals surface area contributed by atoms with Crippen LogP contribution in [0.15, 0.2) is 48.8 Å². The number of hydrogen-bond donors (Lipinski definition) is 0. The van der Waals surface area contributed by atoms with Crippen molar-refractivity contribution in [2.45, 2.75) is 13.8 Å². The van der Waals surface area contributed by atoms with E-state index in [0.717, 1.165) is 11.3 Å². The standard InChI is InChI=1S/C15H16N2O.ClH/c1-3-17(14-8-4-6-12(2)10-14)15(18)13-7-5-9-16-11-13;/h4-11H,3H2,1-2H3;1H. The Morgan fingerprint density at radius 2 is 2.05 bits per heavy atom. The highest BCUT2D eigenvalue weighted by Gasteiger charge is 2.15. The third-order valence-electron chi connectivity index (χ3n) is 2.78. The quantitative estimate of drug-likeness (QED) is 0.860. The van der Waals surface area contributed by atoms with E-state index >= 15 is 0 Å². The minimum Gasteiger partial charge on any atom is -0.309 e. The molecule has 0 aliphatic rings. The first-order valence-electron chi connectivity index (χ1n) is 6.01. The van der Waals surface area contributed by atoms with E-state index in [1.165, 1.54) is 0 Å². The summed E-state index contributed by atoms with van der Waals surface area (Å²) in [6.45, 7) is 4.62. The van der Waals surface area contributed by atoms with Gasteiger partial charge in [0.25, 0.3) is 5.91 Å². The average Bonchev–Trinajstić information content (AvgIpc) is 2.40. The number of amides is 1. The molecule has 100 valence electrons. The average molecular weight is 277 g/mol. The maximum Gasteiger partial charge on any atom is 0.259 e. The van der Waals surface area contributed by atoms with Gasteiger partial charge in [0.1, 0.15) is 0 Å². The number of carbonyl (C=O) groups excluding carboxylic acids is 1. The summed E-state index contributed by atoms with van der Waals surface area (Å²) in [6, 6.07) is 11.5. The highest BCUT2D eigenvalue weighted by molar-refractivity contribution is 6.05. The van der Waals surface area contributed by atoms with Gasteiger partial charge in [-0.3, -0.25) is 9.78 Å². The highest BCUT2D eigenvalue weighted by Crippen LogP contribution is 2.18. The molecule has 0 spiro atoms. The summed E-state index contributed by atoms with van der Waals surface area (Å²) in [5.74, 6) is -0.0174. The van der Waals surface area contributed by atoms with Crippen LogP contribution in [0, 0.1) is 6.92 Å². The number of pyridine rings is 1. The van der Waals surface area contributed by atoms with Crippen LogP contribution in [0.3, 0.4) is 0 Å². The maximum absolute atomic E-state index is 12.4. The van der Waals surface area contributed by atoms with Gasteiger partial charge < -0.3 is 4.90 Å². The summed E-state index contributed by atoms with van der Waals surface area (Å²) in [4.78, 5) is 18.1. The molecule has 4 heteroatoms. The lowest BCUT2D eigenvalue weighted by atomic mass is 10.2. The summed E-state index contributed by atoms with van der Waals surface area (Å²) in [7, 11) is 0. The van der Waals surface area contributed by atoms with E-state index in [9.17, 15) is 4.79 Å². The molecule has 3 nitrogen and oxygen atoms in total. The minimum atomic E-state index is -0.0174. The zero-order chi connectivity index (χ0) is 13.0. The topological polar surface area (TPSA) is 33.2 Å². The fraction of sp³-hybridized carbons (Fsp3) is 0.200. The fourth-order valence-corrected chi connectivity index (χ4v) is 1.88. The Labute approximate surface area is 119 Å². The van der Waals surface area contributed by atoms with Gasteiger partial charge in [-0.1, -0.05) is 12.1 Å². The molecular formula is C15H17ClN2O. The van der Waals surface area contributed by atoms with E-state index in [1.807, 2.05) is 38.1 Å². The number of rotatable bonds is 3. The molecule has 0 unspecified atom stereocenters. The van der Waals surface area contributed by atoms with Gasteiger partial charge >= 0.3 is 0 Å². The van der Waals surface area contributed by atoms with Gasteiger partial charge in [0.2, 0.25) is 0 Å². The molecule has 0 aliphatic carbocycles. The Kier molecular flexibility index (Phi) is 5.52. The Bertz CT molecular complexity index is 543. The summed E-state index contributed by atoms with van der Waals surface area (Å²) >= 11 is 0. The first-order chi connectivity index (χ1) is 8.72. The summed E-state index contributed by atoms with van der Waals surface area (Å²) in [5, 5.41) is 0. The second-order valence-electron chi connectivity index (χ2n) is 4.13. The molecule has 0 aliphatic heterocycles. The molecule has 2 rings (SSSR count). The SMILES string of the molecule is CCN(C(=O)c1cccnc1)c1cccc(C)c1.Cl. The fourth-order valence-electron chi connectivity index (χ4n) is 1.88. The molecule has 0 bridgehead atoms. The van der Waals surface area contributed by atoms with Crippen LogP contribution in [0.25, 0.3) is 0 Å². The molecule has 1 amide bonds. The van der Waals surface area contributed by atoms with Crippen molar-refractivity contribution in [3.63, 3.8) is 0 Å². The number of benzene rings is 1. The van der Waals surface area contributed by atoms with E-state index in [4.69, 9.17) is 0 Å². The number of halogens is 1. The van der Waals surface area contributed by atoms with Crippen LogP contribution in [0.1, 0.15) is 22.8 Å². The number of anilines is 1. The van der Waals surface area contributed by atoms with Crippen molar-refractivity contribution in [2.75, 3.05) is 11.4 Å². The third-order valence-corrected chi connectivity index (χ3v) is 2.78. The number of aryl methyl sites for hydroxylation is 1. The van der Waals surface area contributed by atoms with Crippen molar-refractivity contribution < 1.29 is 4.79 Å². The van der Waals surface area contributed by atoms with Gasteiger partial charge in [-0.15, -0.1) is 12.4 Å². The lowest BCUT2D eigenvalue weighted by molar-refractivity contribution is 0.0988. The first kappa shape index (κ1) is 15.2. The summed E-state index contributed by atoms with van der Waals surface area (Å²) in [6.07, 6.45) is 3.26. The molecule has 0 N–H and O–H groups in total. The predicted octanol–water partition coefficient (Wildman–Crippen LogP) is 3.48. The van der Waals surface area contributed by atoms with Crippen LogP contribution in [0.4, 0.5) is 5.69 Å². The van der Waals surface area contributed by atoms with Crippen LogP contribution in [0.5, 0.6) is 0 Å². The Hall–Kier alpha value is -1.87. The number of nitrogens with zero attached hydrogens (tertiary/aromatic N) is 2. The van der Waals surface area contributed by atoms with Crippen molar-refractivity contribution in [2.24, 2.45) is 0 Å². The highest BCUT2D eigenvalue weighted by atomic mass is 35.5. The third kappa shape index (κ3) is 3.55. The number of carbonyl (C=O) groups is 1. The van der Waals surface area contributed by atoms with Crippen molar-refractivity contribution in [1.29, 1.82) is 0 Å². The molecule has 0 atom stereocenters. The molecule has 0 saturated carbocycles. The van der Waals surface area contributed by atoms with Gasteiger partial charge in [0, 0.05) is 24.6 Å². The summed E-state index contributed by atoms with van der Waals surface area (Å²) < 4.78 is 0. The molecule has 1 aromatic heterocycles. The van der Waals surface area contributed by atoms with Crippen molar-refractivity contribution >= 4 is 24.0 Å². The van der Waals surface area contributed by atoms with Gasteiger partial charge in [-0.2, -0.15) is 0 Å². The van der Waals surface area contributed by atoms with Gasteiger partial charge in [-0.05, 0) is 43.7 Å². The number of hydrogen-bond acceptors (Lipinski definition) is 2. The Morgan fingerprint density at radius 1 is 1.26 bits per heavy atom. The second kappa shape index (κ2) is 6.90. The van der Waals surface area contributed by atoms with Gasteiger partial charge in [0.05, 0.1) is 5.56 Å². The molecular weight excluding hydrogens is 260 g/mol. The molecule has 0 fully saturated rings. The second-order valence-corrected chi connectivity index (χ2v) is 4.13. The minimum absolute atomic E-state index is 0. The van der Waals surface area contributed by atoms with Crippen LogP contribution in [-0.2, 0) is 0 Å². The monoisotopic (exact) mass is 276 g/mol. The Morgan fingerprint density at radius 3 is 2.63 bits per heavy atom. The molecule has 19 heavy (non-hydrogen) atoms. The van der Waals surface area contributed by atoms with Gasteiger partial charge in [-0.25, -0.2) is 0 Å². The van der Waals surface area contributed by atoms with E-state index < -0.39 is 0 Å². The van der Waals surface area contributed by atoms with Crippen LogP contribution < -0.4 is 4.90 Å². The molecule has 1 heterocycles. The van der Waals surface area contributed by atoms with Crippen molar-refractivity contribution in [3.05, 3.63) is 59.9 Å². The van der Waals surface area contributed by atoms with E-state index in [1.54, 1.807) is 29.4 Å². The predicted molar refractivity (Wildman–Crippen MR) is 80.0 cm³/mol. The normalized spacial score (nSPS) is 9.58. The zero-order valence-electron chi connectivity index (χ0n) is 11.0. The van der Waals surface area contributed by atoms with Gasteiger partial charge in [0.15, 0.2) is 0 Å². The molecule has 2 aromatic rings. The lowest BCUT2D eigenvalue weighted by Gasteiger charge is -2.21. The lowest BCUT2D eigenvalue weighted by Crippen LogP contribution is -2.30. The largest absolute Gasteiger partial charge is 0.309 e. The molecule has 0 saturated heterocycles. The molecule has 1 aromatic carbocycles.